The van der Waals surface area contributed by atoms with Gasteiger partial charge in [0.15, 0.2) is 0 Å². The van der Waals surface area contributed by atoms with Gasteiger partial charge in [0.1, 0.15) is 17.2 Å². The van der Waals surface area contributed by atoms with Crippen molar-refractivity contribution in [1.82, 2.24) is 0 Å². The topological polar surface area (TPSA) is 35.5 Å². The minimum absolute atomic E-state index is 0.167. The molecule has 0 N–H and O–H groups in total. The molecule has 0 spiro atoms. The molecule has 0 aliphatic heterocycles. The smallest absolute Gasteiger partial charge is 0.341 e. The van der Waals surface area contributed by atoms with Crippen molar-refractivity contribution in [1.29, 1.82) is 0 Å². The molecule has 23 heavy (non-hydrogen) atoms. The molecule has 0 saturated heterocycles. The van der Waals surface area contributed by atoms with Crippen LogP contribution in [0.2, 0.25) is 5.02 Å². The van der Waals surface area contributed by atoms with E-state index in [4.69, 9.17) is 21.1 Å². The zero-order valence-corrected chi connectivity index (χ0v) is 14.5. The second kappa shape index (κ2) is 5.97. The number of hydrogen-bond acceptors (Lipinski definition) is 3. The van der Waals surface area contributed by atoms with E-state index in [0.29, 0.717) is 12.5 Å². The normalized spacial score (nSPS) is 25.9. The Morgan fingerprint density at radius 1 is 1.26 bits per heavy atom. The average molecular weight is 341 g/mol. The number of fused-ring (bicyclic) bond motifs is 1. The maximum atomic E-state index is 14.2. The number of carbonyl (C=O) groups is 1. The highest BCUT2D eigenvalue weighted by Crippen LogP contribution is 2.54. The molecular weight excluding hydrogens is 319 g/mol. The van der Waals surface area contributed by atoms with Gasteiger partial charge in [-0.05, 0) is 63.9 Å². The maximum absolute atomic E-state index is 14.2. The van der Waals surface area contributed by atoms with Crippen LogP contribution >= 0.6 is 11.6 Å². The molecule has 1 aromatic carbocycles. The van der Waals surface area contributed by atoms with E-state index in [1.807, 2.05) is 0 Å². The number of rotatable bonds is 4. The summed E-state index contributed by atoms with van der Waals surface area (Å²) in [4.78, 5) is 12.0. The van der Waals surface area contributed by atoms with Crippen LogP contribution in [0.5, 0.6) is 5.75 Å². The lowest BCUT2D eigenvalue weighted by molar-refractivity contribution is 0.00646. The fourth-order valence-corrected chi connectivity index (χ4v) is 3.53. The second-order valence-electron chi connectivity index (χ2n) is 7.67. The van der Waals surface area contributed by atoms with Crippen LogP contribution < -0.4 is 4.74 Å². The third kappa shape index (κ3) is 3.97. The van der Waals surface area contributed by atoms with Crippen LogP contribution in [0.15, 0.2) is 12.1 Å². The standard InChI is InChI=1S/C18H22ClFO3/c1-18(2,3)23-17(21)13-7-14(19)16(8-15(13)20)22-9-10-4-11-6-12(11)5-10/h7-8,10-12H,4-6,9H2,1-3H3. The third-order valence-corrected chi connectivity index (χ3v) is 4.75. The first kappa shape index (κ1) is 16.6. The average Bonchev–Trinajstić information content (AvgIpc) is 3.04. The summed E-state index contributed by atoms with van der Waals surface area (Å²) in [7, 11) is 0. The SMILES string of the molecule is CC(C)(C)OC(=O)c1cc(Cl)c(OCC2CC3CC3C2)cc1F. The lowest BCUT2D eigenvalue weighted by Crippen LogP contribution is -2.24. The van der Waals surface area contributed by atoms with Crippen molar-refractivity contribution in [3.05, 3.63) is 28.5 Å². The van der Waals surface area contributed by atoms with Gasteiger partial charge in [0.05, 0.1) is 17.2 Å². The number of hydrogen-bond donors (Lipinski definition) is 0. The molecule has 0 bridgehead atoms. The summed E-state index contributed by atoms with van der Waals surface area (Å²) >= 11 is 6.14. The van der Waals surface area contributed by atoms with Crippen LogP contribution in [-0.2, 0) is 4.74 Å². The number of benzene rings is 1. The molecule has 0 radical (unpaired) electrons. The molecule has 0 aromatic heterocycles. The van der Waals surface area contributed by atoms with Crippen molar-refractivity contribution in [3.8, 4) is 5.75 Å². The maximum Gasteiger partial charge on any atom is 0.341 e. The fourth-order valence-electron chi connectivity index (χ4n) is 3.31. The lowest BCUT2D eigenvalue weighted by atomic mass is 10.1. The fraction of sp³-hybridized carbons (Fsp3) is 0.611. The highest BCUT2D eigenvalue weighted by atomic mass is 35.5. The van der Waals surface area contributed by atoms with Gasteiger partial charge in [-0.25, -0.2) is 9.18 Å². The summed E-state index contributed by atoms with van der Waals surface area (Å²) in [5.74, 6) is 1.18. The molecule has 3 rings (SSSR count). The first-order valence-corrected chi connectivity index (χ1v) is 8.46. The van der Waals surface area contributed by atoms with Crippen LogP contribution in [0.1, 0.15) is 50.4 Å². The second-order valence-corrected chi connectivity index (χ2v) is 8.08. The summed E-state index contributed by atoms with van der Waals surface area (Å²) in [5, 5.41) is 0.232. The van der Waals surface area contributed by atoms with Gasteiger partial charge in [0.25, 0.3) is 0 Å². The van der Waals surface area contributed by atoms with Crippen LogP contribution in [-0.4, -0.2) is 18.2 Å². The van der Waals surface area contributed by atoms with Crippen molar-refractivity contribution in [3.63, 3.8) is 0 Å². The lowest BCUT2D eigenvalue weighted by Gasteiger charge is -2.20. The van der Waals surface area contributed by atoms with Gasteiger partial charge >= 0.3 is 5.97 Å². The van der Waals surface area contributed by atoms with E-state index in [1.54, 1.807) is 20.8 Å². The molecule has 2 fully saturated rings. The van der Waals surface area contributed by atoms with E-state index in [1.165, 1.54) is 31.4 Å². The van der Waals surface area contributed by atoms with Crippen LogP contribution in [0.3, 0.4) is 0 Å². The van der Waals surface area contributed by atoms with E-state index in [9.17, 15) is 9.18 Å². The van der Waals surface area contributed by atoms with Gasteiger partial charge in [-0.1, -0.05) is 11.6 Å². The molecule has 0 amide bonds. The Bertz CT molecular complexity index is 613. The quantitative estimate of drug-likeness (QED) is 0.734. The van der Waals surface area contributed by atoms with Gasteiger partial charge in [-0.2, -0.15) is 0 Å². The highest BCUT2D eigenvalue weighted by Gasteiger charge is 2.45. The zero-order chi connectivity index (χ0) is 16.8. The molecule has 1 aromatic rings. The van der Waals surface area contributed by atoms with Gasteiger partial charge in [-0.15, -0.1) is 0 Å². The monoisotopic (exact) mass is 340 g/mol. The molecule has 3 nitrogen and oxygen atoms in total. The predicted octanol–water partition coefficient (Wildman–Crippen LogP) is 4.86. The van der Waals surface area contributed by atoms with Crippen molar-refractivity contribution < 1.29 is 18.7 Å². The number of esters is 1. The Hall–Kier alpha value is -1.29. The van der Waals surface area contributed by atoms with Crippen molar-refractivity contribution in [2.24, 2.45) is 17.8 Å². The number of ether oxygens (including phenoxy) is 2. The minimum atomic E-state index is -0.723. The highest BCUT2D eigenvalue weighted by molar-refractivity contribution is 6.32. The van der Waals surface area contributed by atoms with Gasteiger partial charge < -0.3 is 9.47 Å². The Labute approximate surface area is 141 Å². The van der Waals surface area contributed by atoms with Gasteiger partial charge in [-0.3, -0.25) is 0 Å². The van der Waals surface area contributed by atoms with E-state index in [2.05, 4.69) is 0 Å². The van der Waals surface area contributed by atoms with Crippen LogP contribution in [0, 0.1) is 23.6 Å². The molecule has 2 aliphatic carbocycles. The number of halogens is 2. The third-order valence-electron chi connectivity index (χ3n) is 4.46. The van der Waals surface area contributed by atoms with Crippen molar-refractivity contribution in [2.45, 2.75) is 45.6 Å². The Kier molecular flexibility index (Phi) is 4.30. The van der Waals surface area contributed by atoms with Crippen LogP contribution in [0.4, 0.5) is 4.39 Å². The van der Waals surface area contributed by atoms with Crippen molar-refractivity contribution in [2.75, 3.05) is 6.61 Å². The minimum Gasteiger partial charge on any atom is -0.492 e. The Balaban J connectivity index is 1.65. The molecule has 5 heteroatoms. The van der Waals surface area contributed by atoms with Gasteiger partial charge in [0.2, 0.25) is 0 Å². The first-order chi connectivity index (χ1) is 10.7. The summed E-state index contributed by atoms with van der Waals surface area (Å²) in [5.41, 5.74) is -0.853. The largest absolute Gasteiger partial charge is 0.492 e. The summed E-state index contributed by atoms with van der Waals surface area (Å²) in [6.45, 7) is 5.74. The molecule has 126 valence electrons. The summed E-state index contributed by atoms with van der Waals surface area (Å²) < 4.78 is 25.0. The molecule has 2 unspecified atom stereocenters. The molecule has 2 aliphatic rings. The van der Waals surface area contributed by atoms with Crippen molar-refractivity contribution >= 4 is 17.6 Å². The van der Waals surface area contributed by atoms with E-state index in [-0.39, 0.29) is 16.3 Å². The Morgan fingerprint density at radius 3 is 2.52 bits per heavy atom. The van der Waals surface area contributed by atoms with Gasteiger partial charge in [0, 0.05) is 6.07 Å². The molecule has 0 heterocycles. The molecule has 2 saturated carbocycles. The summed E-state index contributed by atoms with van der Waals surface area (Å²) in [6, 6.07) is 2.46. The molecular formula is C18H22ClFO3. The predicted molar refractivity (Wildman–Crippen MR) is 86.4 cm³/mol. The first-order valence-electron chi connectivity index (χ1n) is 8.08. The Morgan fingerprint density at radius 2 is 1.91 bits per heavy atom. The van der Waals surface area contributed by atoms with E-state index < -0.39 is 17.4 Å². The molecule has 2 atom stereocenters. The zero-order valence-electron chi connectivity index (χ0n) is 13.7. The van der Waals surface area contributed by atoms with E-state index in [0.717, 1.165) is 11.8 Å². The number of carbonyl (C=O) groups excluding carboxylic acids is 1. The van der Waals surface area contributed by atoms with E-state index >= 15 is 0 Å². The van der Waals surface area contributed by atoms with Crippen LogP contribution in [0.25, 0.3) is 0 Å². The summed E-state index contributed by atoms with van der Waals surface area (Å²) in [6.07, 6.45) is 3.75.